The van der Waals surface area contributed by atoms with Gasteiger partial charge >= 0.3 is 144 Å². The third-order valence-electron chi connectivity index (χ3n) is 5.20. The monoisotopic (exact) mass is 369 g/mol. The zero-order valence-corrected chi connectivity index (χ0v) is 17.1. The van der Waals surface area contributed by atoms with E-state index < -0.39 is 13.3 Å². The Bertz CT molecular complexity index is 661. The molecule has 0 atom stereocenters. The molecule has 1 aliphatic rings. The summed E-state index contributed by atoms with van der Waals surface area (Å²) in [6.45, 7) is 2.24. The average molecular weight is 368 g/mol. The van der Waals surface area contributed by atoms with Gasteiger partial charge in [0.25, 0.3) is 0 Å². The maximum atomic E-state index is 4.77. The Kier molecular flexibility index (Phi) is 4.96. The Morgan fingerprint density at radius 2 is 1.61 bits per heavy atom. The zero-order chi connectivity index (χ0) is 16.4. The van der Waals surface area contributed by atoms with E-state index in [0.717, 1.165) is 11.6 Å². The van der Waals surface area contributed by atoms with Crippen molar-refractivity contribution >= 4 is 17.7 Å². The van der Waals surface area contributed by atoms with E-state index in [-0.39, 0.29) is 0 Å². The maximum absolute atomic E-state index is 4.77. The predicted molar refractivity (Wildman–Crippen MR) is 103 cm³/mol. The molecule has 1 aromatic heterocycles. The molecule has 122 valence electrons. The van der Waals surface area contributed by atoms with Gasteiger partial charge in [-0.05, 0) is 0 Å². The molecule has 1 aliphatic carbocycles. The summed E-state index contributed by atoms with van der Waals surface area (Å²) in [5, 5.41) is 0. The molecule has 23 heavy (non-hydrogen) atoms. The SMILES string of the molecule is Cc1cc(-c2ccc(C3CCCCC3)cc2)nc[c]1[Ge]([CH3])([CH3])[CH3]. The van der Waals surface area contributed by atoms with Crippen molar-refractivity contribution < 1.29 is 0 Å². The van der Waals surface area contributed by atoms with Gasteiger partial charge in [-0.15, -0.1) is 0 Å². The van der Waals surface area contributed by atoms with Gasteiger partial charge in [0, 0.05) is 0 Å². The van der Waals surface area contributed by atoms with Gasteiger partial charge in [0.15, 0.2) is 0 Å². The van der Waals surface area contributed by atoms with Gasteiger partial charge in [-0.1, -0.05) is 0 Å². The summed E-state index contributed by atoms with van der Waals surface area (Å²) in [4.78, 5) is 4.77. The van der Waals surface area contributed by atoms with Crippen molar-refractivity contribution in [2.45, 2.75) is 62.2 Å². The normalized spacial score (nSPS) is 16.5. The van der Waals surface area contributed by atoms with Gasteiger partial charge in [-0.3, -0.25) is 0 Å². The topological polar surface area (TPSA) is 12.9 Å². The number of aryl methyl sites for hydroxylation is 1. The molecule has 0 aliphatic heterocycles. The summed E-state index contributed by atoms with van der Waals surface area (Å²) in [6, 6.07) is 11.5. The van der Waals surface area contributed by atoms with Crippen molar-refractivity contribution in [1.82, 2.24) is 4.98 Å². The molecule has 0 unspecified atom stereocenters. The van der Waals surface area contributed by atoms with E-state index in [1.165, 1.54) is 53.2 Å². The summed E-state index contributed by atoms with van der Waals surface area (Å²) in [7, 11) is 0. The molecule has 0 radical (unpaired) electrons. The van der Waals surface area contributed by atoms with Crippen molar-refractivity contribution in [3.05, 3.63) is 47.7 Å². The number of nitrogens with zero attached hydrogens (tertiary/aromatic N) is 1. The van der Waals surface area contributed by atoms with E-state index in [0.29, 0.717) is 0 Å². The number of pyridine rings is 1. The van der Waals surface area contributed by atoms with Crippen LogP contribution in [0.1, 0.15) is 49.1 Å². The molecule has 0 saturated heterocycles. The van der Waals surface area contributed by atoms with Gasteiger partial charge in [-0.2, -0.15) is 0 Å². The van der Waals surface area contributed by atoms with E-state index in [4.69, 9.17) is 4.98 Å². The van der Waals surface area contributed by atoms with Crippen LogP contribution in [0.15, 0.2) is 36.5 Å². The molecule has 1 fully saturated rings. The van der Waals surface area contributed by atoms with E-state index in [2.05, 4.69) is 60.7 Å². The molecule has 3 rings (SSSR count). The second-order valence-electron chi connectivity index (χ2n) is 8.09. The summed E-state index contributed by atoms with van der Waals surface area (Å²) >= 11 is -1.80. The number of rotatable bonds is 3. The van der Waals surface area contributed by atoms with Gasteiger partial charge in [0.1, 0.15) is 0 Å². The van der Waals surface area contributed by atoms with Crippen molar-refractivity contribution in [3.63, 3.8) is 0 Å². The second-order valence-corrected chi connectivity index (χ2v) is 18.7. The Morgan fingerprint density at radius 3 is 2.17 bits per heavy atom. The first-order valence-electron chi connectivity index (χ1n) is 9.02. The number of hydrogen-bond acceptors (Lipinski definition) is 1. The Labute approximate surface area is 143 Å². The molecule has 0 bridgehead atoms. The first-order valence-corrected chi connectivity index (χ1v) is 16.4. The summed E-state index contributed by atoms with van der Waals surface area (Å²) < 4.78 is 1.52. The van der Waals surface area contributed by atoms with Gasteiger partial charge < -0.3 is 0 Å². The molecule has 1 nitrogen and oxygen atoms in total. The molecule has 2 aromatic rings. The molecule has 1 aromatic carbocycles. The van der Waals surface area contributed by atoms with Crippen LogP contribution >= 0.6 is 0 Å². The molecule has 0 N–H and O–H groups in total. The Balaban J connectivity index is 1.83. The molecule has 1 saturated carbocycles. The van der Waals surface area contributed by atoms with E-state index in [1.54, 1.807) is 0 Å². The second kappa shape index (κ2) is 6.80. The van der Waals surface area contributed by atoms with Crippen LogP contribution in [0, 0.1) is 6.92 Å². The fourth-order valence-corrected chi connectivity index (χ4v) is 7.44. The summed E-state index contributed by atoms with van der Waals surface area (Å²) in [5.74, 6) is 8.08. The van der Waals surface area contributed by atoms with Crippen LogP contribution in [-0.2, 0) is 0 Å². The number of aromatic nitrogens is 1. The standard InChI is InChI=1S/C21H29GeN/c1-16-14-21(23-15-20(16)22(2,3)4)19-12-10-18(11-13-19)17-8-6-5-7-9-17/h10-15,17H,5-9H2,1-4H3. The minimum atomic E-state index is -1.80. The molecular weight excluding hydrogens is 339 g/mol. The van der Waals surface area contributed by atoms with Crippen LogP contribution in [0.4, 0.5) is 0 Å². The molecule has 1 heterocycles. The summed E-state index contributed by atoms with van der Waals surface area (Å²) in [6.07, 6.45) is 9.08. The number of hydrogen-bond donors (Lipinski definition) is 0. The quantitative estimate of drug-likeness (QED) is 0.638. The first-order chi connectivity index (χ1) is 10.9. The van der Waals surface area contributed by atoms with Gasteiger partial charge in [0.05, 0.1) is 0 Å². The van der Waals surface area contributed by atoms with Crippen LogP contribution < -0.4 is 4.40 Å². The van der Waals surface area contributed by atoms with Crippen LogP contribution in [0.25, 0.3) is 11.3 Å². The van der Waals surface area contributed by atoms with E-state index in [9.17, 15) is 0 Å². The minimum absolute atomic E-state index is 0.781. The van der Waals surface area contributed by atoms with E-state index in [1.807, 2.05) is 0 Å². The Morgan fingerprint density at radius 1 is 0.957 bits per heavy atom. The van der Waals surface area contributed by atoms with Gasteiger partial charge in [0.2, 0.25) is 0 Å². The van der Waals surface area contributed by atoms with Crippen molar-refractivity contribution in [2.75, 3.05) is 0 Å². The average Bonchev–Trinajstić information content (AvgIpc) is 2.54. The third-order valence-corrected chi connectivity index (χ3v) is 9.69. The fraction of sp³-hybridized carbons (Fsp3) is 0.476. The number of benzene rings is 1. The van der Waals surface area contributed by atoms with E-state index >= 15 is 0 Å². The molecule has 0 spiro atoms. The van der Waals surface area contributed by atoms with Crippen LogP contribution in [0.5, 0.6) is 0 Å². The first kappa shape index (κ1) is 16.8. The third kappa shape index (κ3) is 3.88. The van der Waals surface area contributed by atoms with Crippen LogP contribution in [-0.4, -0.2) is 18.3 Å². The molecular formula is C21H29GeN. The van der Waals surface area contributed by atoms with Crippen molar-refractivity contribution in [3.8, 4) is 11.3 Å². The predicted octanol–water partition coefficient (Wildman–Crippen LogP) is 5.65. The molecule has 2 heteroatoms. The van der Waals surface area contributed by atoms with Crippen molar-refractivity contribution in [2.24, 2.45) is 0 Å². The zero-order valence-electron chi connectivity index (χ0n) is 15.0. The fourth-order valence-electron chi connectivity index (χ4n) is 3.86. The van der Waals surface area contributed by atoms with Gasteiger partial charge in [-0.25, -0.2) is 0 Å². The molecule has 0 amide bonds. The van der Waals surface area contributed by atoms with Crippen LogP contribution in [0.3, 0.4) is 0 Å². The van der Waals surface area contributed by atoms with Crippen LogP contribution in [0.2, 0.25) is 17.3 Å². The Hall–Kier alpha value is -1.09. The van der Waals surface area contributed by atoms with Crippen molar-refractivity contribution in [1.29, 1.82) is 0 Å². The summed E-state index contributed by atoms with van der Waals surface area (Å²) in [5.41, 5.74) is 5.30.